The van der Waals surface area contributed by atoms with Crippen molar-refractivity contribution in [1.82, 2.24) is 0 Å². The van der Waals surface area contributed by atoms with Gasteiger partial charge in [0, 0.05) is 21.2 Å². The van der Waals surface area contributed by atoms with Crippen LogP contribution < -0.4 is 75.1 Å². The summed E-state index contributed by atoms with van der Waals surface area (Å²) < 4.78 is 0. The second-order valence-corrected chi connectivity index (χ2v) is 22.9. The van der Waals surface area contributed by atoms with Gasteiger partial charge < -0.3 is 11.5 Å². The average Bonchev–Trinajstić information content (AvgIpc) is 3.32. The van der Waals surface area contributed by atoms with Crippen LogP contribution in [0, 0.1) is 0 Å². The minimum atomic E-state index is -1.21. The molecule has 9 rings (SSSR count). The second-order valence-electron chi connectivity index (χ2n) is 14.2. The minimum absolute atomic E-state index is 0.791. The molecule has 0 unspecified atom stereocenters. The van der Waals surface area contributed by atoms with Gasteiger partial charge in [-0.2, -0.15) is 0 Å². The van der Waals surface area contributed by atoms with Gasteiger partial charge in [0.15, 0.2) is 0 Å². The number of hydrogen-bond donors (Lipinski definition) is 2. The van der Waals surface area contributed by atoms with Crippen LogP contribution in [0.3, 0.4) is 0 Å². The van der Waals surface area contributed by atoms with Crippen LogP contribution in [0.15, 0.2) is 243 Å². The molecule has 0 heterocycles. The number of nitrogen functional groups attached to an aromatic ring is 2. The quantitative estimate of drug-likeness (QED) is 0.0973. The van der Waals surface area contributed by atoms with Crippen molar-refractivity contribution in [3.63, 3.8) is 0 Å². The van der Waals surface area contributed by atoms with Crippen molar-refractivity contribution in [3.05, 3.63) is 243 Å². The molecular weight excluding hydrogens is 801 g/mol. The van der Waals surface area contributed by atoms with Gasteiger partial charge in [0.05, 0.1) is 11.4 Å². The maximum Gasteiger partial charge on any atom is 0.0511 e. The molecule has 0 aliphatic heterocycles. The molecule has 0 radical (unpaired) electrons. The number of nitrogens with two attached hydrogens (primary N) is 2. The van der Waals surface area contributed by atoms with Crippen molar-refractivity contribution in [2.24, 2.45) is 0 Å². The van der Waals surface area contributed by atoms with Crippen LogP contribution in [-0.2, 0) is 0 Å². The van der Waals surface area contributed by atoms with E-state index in [1.54, 1.807) is 0 Å². The van der Waals surface area contributed by atoms with Crippen molar-refractivity contribution >= 4 is 107 Å². The number of benzene rings is 9. The van der Waals surface area contributed by atoms with E-state index < -0.39 is 31.7 Å². The smallest absolute Gasteiger partial charge is 0.0511 e. The SMILES string of the molecule is Nc1c(P(c2ccccc2)c2ccccc2)c(N)c(P(c2ccccc2)c2ccccc2)c(P(c2ccccc2)c2ccccc2)c1P(c1ccccc1)c1ccccc1. The minimum Gasteiger partial charge on any atom is -0.398 e. The van der Waals surface area contributed by atoms with Crippen molar-refractivity contribution in [1.29, 1.82) is 0 Å². The van der Waals surface area contributed by atoms with E-state index in [0.717, 1.165) is 16.7 Å². The molecular formula is C54H44N2P4. The highest BCUT2D eigenvalue weighted by molar-refractivity contribution is 7.89. The van der Waals surface area contributed by atoms with Crippen LogP contribution >= 0.6 is 31.7 Å². The molecule has 4 N–H and O–H groups in total. The van der Waals surface area contributed by atoms with Crippen molar-refractivity contribution in [2.45, 2.75) is 0 Å². The Bertz CT molecular complexity index is 2490. The topological polar surface area (TPSA) is 52.0 Å². The Balaban J connectivity index is 1.54. The number of rotatable bonds is 12. The number of anilines is 2. The van der Waals surface area contributed by atoms with Crippen LogP contribution in [0.4, 0.5) is 11.4 Å². The van der Waals surface area contributed by atoms with E-state index in [9.17, 15) is 0 Å². The van der Waals surface area contributed by atoms with Gasteiger partial charge in [0.25, 0.3) is 0 Å². The van der Waals surface area contributed by atoms with Crippen LogP contribution in [0.25, 0.3) is 0 Å². The van der Waals surface area contributed by atoms with Crippen LogP contribution in [0.1, 0.15) is 0 Å². The third-order valence-corrected chi connectivity index (χ3v) is 21.0. The fraction of sp³-hybridized carbons (Fsp3) is 0. The Hall–Kier alpha value is -5.70. The molecule has 0 amide bonds. The zero-order valence-corrected chi connectivity index (χ0v) is 36.6. The molecule has 60 heavy (non-hydrogen) atoms. The molecule has 9 aromatic carbocycles. The fourth-order valence-electron chi connectivity index (χ4n) is 7.89. The molecule has 0 saturated carbocycles. The molecule has 0 saturated heterocycles. The molecule has 0 aliphatic rings. The lowest BCUT2D eigenvalue weighted by Gasteiger charge is -2.37. The Labute approximate surface area is 359 Å². The first kappa shape index (κ1) is 39.7. The Morgan fingerprint density at radius 3 is 0.517 bits per heavy atom. The second kappa shape index (κ2) is 18.7. The third kappa shape index (κ3) is 8.11. The summed E-state index contributed by atoms with van der Waals surface area (Å²) in [5, 5.41) is 14.6. The summed E-state index contributed by atoms with van der Waals surface area (Å²) in [6, 6.07) is 88.0. The number of hydrogen-bond acceptors (Lipinski definition) is 2. The maximum atomic E-state index is 8.15. The molecule has 0 spiro atoms. The van der Waals surface area contributed by atoms with Gasteiger partial charge in [0.2, 0.25) is 0 Å². The van der Waals surface area contributed by atoms with E-state index in [0.29, 0.717) is 0 Å². The van der Waals surface area contributed by atoms with Crippen molar-refractivity contribution in [2.75, 3.05) is 11.5 Å². The maximum absolute atomic E-state index is 8.15. The summed E-state index contributed by atoms with van der Waals surface area (Å²) in [5.41, 5.74) is 17.9. The van der Waals surface area contributed by atoms with E-state index in [1.807, 2.05) is 0 Å². The molecule has 9 aromatic rings. The Morgan fingerprint density at radius 1 is 0.183 bits per heavy atom. The molecule has 0 bridgehead atoms. The molecule has 6 heteroatoms. The highest BCUT2D eigenvalue weighted by Crippen LogP contribution is 2.48. The van der Waals surface area contributed by atoms with E-state index in [1.165, 1.54) is 58.3 Å². The highest BCUT2D eigenvalue weighted by Gasteiger charge is 2.38. The largest absolute Gasteiger partial charge is 0.398 e. The lowest BCUT2D eigenvalue weighted by Crippen LogP contribution is -2.49. The van der Waals surface area contributed by atoms with Gasteiger partial charge in [-0.15, -0.1) is 0 Å². The van der Waals surface area contributed by atoms with E-state index in [-0.39, 0.29) is 0 Å². The average molecular weight is 845 g/mol. The first-order valence-electron chi connectivity index (χ1n) is 20.0. The van der Waals surface area contributed by atoms with E-state index >= 15 is 0 Å². The molecule has 0 atom stereocenters. The highest BCUT2D eigenvalue weighted by atomic mass is 31.1. The van der Waals surface area contributed by atoms with Gasteiger partial charge in [-0.1, -0.05) is 243 Å². The van der Waals surface area contributed by atoms with Crippen LogP contribution in [-0.4, -0.2) is 0 Å². The van der Waals surface area contributed by atoms with Crippen LogP contribution in [0.5, 0.6) is 0 Å². The molecule has 0 fully saturated rings. The van der Waals surface area contributed by atoms with Crippen LogP contribution in [0.2, 0.25) is 0 Å². The van der Waals surface area contributed by atoms with E-state index in [4.69, 9.17) is 11.5 Å². The molecule has 0 aliphatic carbocycles. The predicted octanol–water partition coefficient (Wildman–Crippen LogP) is 7.88. The first-order chi connectivity index (χ1) is 29.7. The monoisotopic (exact) mass is 844 g/mol. The molecule has 290 valence electrons. The van der Waals surface area contributed by atoms with Gasteiger partial charge >= 0.3 is 0 Å². The summed E-state index contributed by atoms with van der Waals surface area (Å²) in [5.74, 6) is 0. The third-order valence-electron chi connectivity index (χ3n) is 10.5. The zero-order valence-electron chi connectivity index (χ0n) is 33.0. The summed E-state index contributed by atoms with van der Waals surface area (Å²) in [6.07, 6.45) is 0. The predicted molar refractivity (Wildman–Crippen MR) is 270 cm³/mol. The lowest BCUT2D eigenvalue weighted by atomic mass is 10.2. The molecule has 0 aromatic heterocycles. The summed E-state index contributed by atoms with van der Waals surface area (Å²) in [4.78, 5) is 0. The summed E-state index contributed by atoms with van der Waals surface area (Å²) >= 11 is 0. The normalized spacial score (nSPS) is 11.4. The zero-order chi connectivity index (χ0) is 40.7. The Morgan fingerprint density at radius 2 is 0.333 bits per heavy atom. The van der Waals surface area contributed by atoms with Gasteiger partial charge in [-0.3, -0.25) is 0 Å². The van der Waals surface area contributed by atoms with Crippen molar-refractivity contribution < 1.29 is 0 Å². The summed E-state index contributed by atoms with van der Waals surface area (Å²) in [6.45, 7) is 0. The molecule has 2 nitrogen and oxygen atoms in total. The van der Waals surface area contributed by atoms with E-state index in [2.05, 4.69) is 243 Å². The summed E-state index contributed by atoms with van der Waals surface area (Å²) in [7, 11) is -4.84. The van der Waals surface area contributed by atoms with Gasteiger partial charge in [0.1, 0.15) is 0 Å². The lowest BCUT2D eigenvalue weighted by molar-refractivity contribution is 1.73. The van der Waals surface area contributed by atoms with Crippen molar-refractivity contribution in [3.8, 4) is 0 Å². The standard InChI is InChI=1S/C54H44N2P4/c55-49-51(57(41-25-9-1-10-26-41)42-27-11-2-12-28-42)50(56)53(59(45-33-17-5-18-34-45)46-35-19-6-20-36-46)54(60(47-37-21-7-22-38-47)48-39-23-8-24-40-48)52(49)58(43-29-13-3-14-30-43)44-31-15-4-16-32-44/h1-40H,55-56H2. The van der Waals surface area contributed by atoms with Gasteiger partial charge in [-0.25, -0.2) is 0 Å². The first-order valence-corrected chi connectivity index (χ1v) is 25.4. The Kier molecular flexibility index (Phi) is 12.4. The van der Waals surface area contributed by atoms with Gasteiger partial charge in [-0.05, 0) is 74.1 Å². The fourth-order valence-corrected chi connectivity index (χ4v) is 19.1.